The first-order valence-corrected chi connectivity index (χ1v) is 7.21. The van der Waals surface area contributed by atoms with Crippen LogP contribution in [-0.4, -0.2) is 40.9 Å². The summed E-state index contributed by atoms with van der Waals surface area (Å²) in [6.07, 6.45) is 6.65. The van der Waals surface area contributed by atoms with Crippen molar-refractivity contribution in [3.05, 3.63) is 5.82 Å². The first kappa shape index (κ1) is 12.0. The molecular weight excluding hydrogens is 226 g/mol. The van der Waals surface area contributed by atoms with Gasteiger partial charge in [-0.1, -0.05) is 19.3 Å². The fourth-order valence-electron chi connectivity index (χ4n) is 3.19. The van der Waals surface area contributed by atoms with E-state index >= 15 is 0 Å². The van der Waals surface area contributed by atoms with Gasteiger partial charge in [-0.05, 0) is 12.8 Å². The minimum atomic E-state index is 0.632. The molecule has 0 radical (unpaired) electrons. The Labute approximate surface area is 109 Å². The van der Waals surface area contributed by atoms with E-state index in [9.17, 15) is 0 Å². The number of rotatable bonds is 2. The summed E-state index contributed by atoms with van der Waals surface area (Å²) in [6, 6.07) is 0. The molecule has 5 heteroatoms. The Kier molecular flexibility index (Phi) is 3.50. The van der Waals surface area contributed by atoms with E-state index in [2.05, 4.69) is 32.0 Å². The topological polar surface area (TPSA) is 46.0 Å². The standard InChI is InChI=1S/C13H23N5/c1-17-12(11-5-3-2-4-6-11)15-16-13(17)18-9-7-14-8-10-18/h11,14H,2-10H2,1H3. The van der Waals surface area contributed by atoms with Gasteiger partial charge in [0.2, 0.25) is 5.95 Å². The van der Waals surface area contributed by atoms with E-state index in [1.807, 2.05) is 0 Å². The van der Waals surface area contributed by atoms with Crippen LogP contribution in [0.3, 0.4) is 0 Å². The van der Waals surface area contributed by atoms with E-state index in [0.29, 0.717) is 5.92 Å². The summed E-state index contributed by atoms with van der Waals surface area (Å²) in [5.41, 5.74) is 0. The predicted molar refractivity (Wildman–Crippen MR) is 71.9 cm³/mol. The molecule has 1 saturated carbocycles. The molecule has 2 heterocycles. The molecule has 1 aromatic heterocycles. The minimum absolute atomic E-state index is 0.632. The van der Waals surface area contributed by atoms with Gasteiger partial charge in [-0.15, -0.1) is 10.2 Å². The van der Waals surface area contributed by atoms with Gasteiger partial charge in [-0.25, -0.2) is 0 Å². The highest BCUT2D eigenvalue weighted by Crippen LogP contribution is 2.32. The van der Waals surface area contributed by atoms with E-state index in [0.717, 1.165) is 32.1 Å². The number of nitrogens with one attached hydrogen (secondary N) is 1. The van der Waals surface area contributed by atoms with Crippen LogP contribution in [0.25, 0.3) is 0 Å². The maximum absolute atomic E-state index is 4.47. The third-order valence-corrected chi connectivity index (χ3v) is 4.26. The molecule has 0 unspecified atom stereocenters. The zero-order valence-electron chi connectivity index (χ0n) is 11.2. The quantitative estimate of drug-likeness (QED) is 0.857. The van der Waals surface area contributed by atoms with E-state index in [-0.39, 0.29) is 0 Å². The number of anilines is 1. The molecule has 1 N–H and O–H groups in total. The van der Waals surface area contributed by atoms with Gasteiger partial charge in [-0.2, -0.15) is 0 Å². The van der Waals surface area contributed by atoms with Gasteiger partial charge in [0, 0.05) is 39.1 Å². The van der Waals surface area contributed by atoms with Gasteiger partial charge in [0.1, 0.15) is 5.82 Å². The molecule has 0 bridgehead atoms. The van der Waals surface area contributed by atoms with Crippen molar-refractivity contribution >= 4 is 5.95 Å². The molecule has 0 aromatic carbocycles. The molecule has 5 nitrogen and oxygen atoms in total. The smallest absolute Gasteiger partial charge is 0.227 e. The Bertz CT molecular complexity index is 353. The van der Waals surface area contributed by atoms with Crippen molar-refractivity contribution in [2.75, 3.05) is 31.1 Å². The van der Waals surface area contributed by atoms with Crippen LogP contribution in [0.15, 0.2) is 0 Å². The zero-order valence-corrected chi connectivity index (χ0v) is 11.2. The maximum Gasteiger partial charge on any atom is 0.227 e. The molecule has 100 valence electrons. The number of nitrogens with zero attached hydrogens (tertiary/aromatic N) is 4. The second-order valence-electron chi connectivity index (χ2n) is 5.49. The number of hydrogen-bond acceptors (Lipinski definition) is 4. The summed E-state index contributed by atoms with van der Waals surface area (Å²) in [6.45, 7) is 4.17. The molecule has 2 fully saturated rings. The third-order valence-electron chi connectivity index (χ3n) is 4.26. The van der Waals surface area contributed by atoms with Gasteiger partial charge in [-0.3, -0.25) is 0 Å². The molecule has 0 atom stereocenters. The summed E-state index contributed by atoms with van der Waals surface area (Å²) in [5, 5.41) is 12.3. The highest BCUT2D eigenvalue weighted by Gasteiger charge is 2.24. The van der Waals surface area contributed by atoms with Crippen molar-refractivity contribution in [3.8, 4) is 0 Å². The first-order valence-electron chi connectivity index (χ1n) is 7.21. The van der Waals surface area contributed by atoms with Crippen molar-refractivity contribution in [1.82, 2.24) is 20.1 Å². The lowest BCUT2D eigenvalue weighted by atomic mass is 9.89. The average Bonchev–Trinajstić information content (AvgIpc) is 2.83. The Morgan fingerprint density at radius 2 is 1.78 bits per heavy atom. The summed E-state index contributed by atoms with van der Waals surface area (Å²) in [7, 11) is 2.13. The van der Waals surface area contributed by atoms with Crippen LogP contribution in [0.4, 0.5) is 5.95 Å². The Hall–Kier alpha value is -1.10. The lowest BCUT2D eigenvalue weighted by molar-refractivity contribution is 0.420. The fraction of sp³-hybridized carbons (Fsp3) is 0.846. The zero-order chi connectivity index (χ0) is 12.4. The van der Waals surface area contributed by atoms with Crippen LogP contribution in [0.5, 0.6) is 0 Å². The molecular formula is C13H23N5. The van der Waals surface area contributed by atoms with Crippen LogP contribution in [0.2, 0.25) is 0 Å². The third kappa shape index (κ3) is 2.23. The SMILES string of the molecule is Cn1c(C2CCCCC2)nnc1N1CCNCC1. The van der Waals surface area contributed by atoms with Crippen LogP contribution >= 0.6 is 0 Å². The van der Waals surface area contributed by atoms with E-state index in [1.54, 1.807) is 0 Å². The van der Waals surface area contributed by atoms with Crippen molar-refractivity contribution in [2.45, 2.75) is 38.0 Å². The fourth-order valence-corrected chi connectivity index (χ4v) is 3.19. The molecule has 0 amide bonds. The highest BCUT2D eigenvalue weighted by atomic mass is 15.4. The normalized spacial score (nSPS) is 22.4. The lowest BCUT2D eigenvalue weighted by Crippen LogP contribution is -2.44. The first-order chi connectivity index (χ1) is 8.86. The van der Waals surface area contributed by atoms with Gasteiger partial charge in [0.05, 0.1) is 0 Å². The maximum atomic E-state index is 4.47. The second-order valence-corrected chi connectivity index (χ2v) is 5.49. The number of aromatic nitrogens is 3. The molecule has 1 aliphatic heterocycles. The molecule has 18 heavy (non-hydrogen) atoms. The number of hydrogen-bond donors (Lipinski definition) is 1. The van der Waals surface area contributed by atoms with E-state index in [4.69, 9.17) is 0 Å². The summed E-state index contributed by atoms with van der Waals surface area (Å²) in [4.78, 5) is 2.34. The Morgan fingerprint density at radius 3 is 2.50 bits per heavy atom. The molecule has 0 spiro atoms. The Morgan fingerprint density at radius 1 is 1.06 bits per heavy atom. The Balaban J connectivity index is 1.78. The van der Waals surface area contributed by atoms with Crippen LogP contribution in [0.1, 0.15) is 43.8 Å². The van der Waals surface area contributed by atoms with Crippen LogP contribution in [-0.2, 0) is 7.05 Å². The molecule has 1 aliphatic carbocycles. The van der Waals surface area contributed by atoms with Crippen LogP contribution in [0, 0.1) is 0 Å². The van der Waals surface area contributed by atoms with Crippen LogP contribution < -0.4 is 10.2 Å². The van der Waals surface area contributed by atoms with Gasteiger partial charge >= 0.3 is 0 Å². The van der Waals surface area contributed by atoms with Gasteiger partial charge < -0.3 is 14.8 Å². The van der Waals surface area contributed by atoms with Crippen molar-refractivity contribution < 1.29 is 0 Å². The summed E-state index contributed by atoms with van der Waals surface area (Å²) >= 11 is 0. The minimum Gasteiger partial charge on any atom is -0.338 e. The molecule has 2 aliphatic rings. The number of piperazine rings is 1. The predicted octanol–water partition coefficient (Wildman–Crippen LogP) is 1.27. The molecule has 1 aromatic rings. The van der Waals surface area contributed by atoms with E-state index < -0.39 is 0 Å². The highest BCUT2D eigenvalue weighted by molar-refractivity contribution is 5.32. The van der Waals surface area contributed by atoms with Gasteiger partial charge in [0.15, 0.2) is 0 Å². The summed E-state index contributed by atoms with van der Waals surface area (Å²) < 4.78 is 2.22. The van der Waals surface area contributed by atoms with Crippen molar-refractivity contribution in [2.24, 2.45) is 7.05 Å². The monoisotopic (exact) mass is 249 g/mol. The molecule has 3 rings (SSSR count). The lowest BCUT2D eigenvalue weighted by Gasteiger charge is -2.28. The molecule has 1 saturated heterocycles. The van der Waals surface area contributed by atoms with Crippen molar-refractivity contribution in [1.29, 1.82) is 0 Å². The average molecular weight is 249 g/mol. The van der Waals surface area contributed by atoms with E-state index in [1.165, 1.54) is 37.9 Å². The second kappa shape index (κ2) is 5.26. The van der Waals surface area contributed by atoms with Gasteiger partial charge in [0.25, 0.3) is 0 Å². The van der Waals surface area contributed by atoms with Crippen molar-refractivity contribution in [3.63, 3.8) is 0 Å². The largest absolute Gasteiger partial charge is 0.338 e. The summed E-state index contributed by atoms with van der Waals surface area (Å²) in [5.74, 6) is 2.88.